The molecule has 108 valence electrons. The summed E-state index contributed by atoms with van der Waals surface area (Å²) >= 11 is 6.09. The highest BCUT2D eigenvalue weighted by atomic mass is 32.1. The van der Waals surface area contributed by atoms with Crippen molar-refractivity contribution in [3.63, 3.8) is 0 Å². The average Bonchev–Trinajstić information content (AvgIpc) is 2.91. The zero-order valence-corrected chi connectivity index (χ0v) is 13.8. The molecule has 0 bridgehead atoms. The summed E-state index contributed by atoms with van der Waals surface area (Å²) in [5, 5.41) is 0.999. The average molecular weight is 309 g/mol. The maximum Gasteiger partial charge on any atom is 0.161 e. The van der Waals surface area contributed by atoms with Crippen molar-refractivity contribution in [1.29, 1.82) is 0 Å². The molecule has 0 radical (unpaired) electrons. The lowest BCUT2D eigenvalue weighted by Gasteiger charge is -2.08. The van der Waals surface area contributed by atoms with E-state index in [0.29, 0.717) is 5.92 Å². The van der Waals surface area contributed by atoms with Gasteiger partial charge in [0.05, 0.1) is 19.9 Å². The normalized spacial score (nSPS) is 10.9. The van der Waals surface area contributed by atoms with Crippen molar-refractivity contribution >= 4 is 24.0 Å². The summed E-state index contributed by atoms with van der Waals surface area (Å²) in [6.45, 7) is 4.31. The Kier molecular flexibility index (Phi) is 4.94. The first-order chi connectivity index (χ1) is 9.60. The van der Waals surface area contributed by atoms with Crippen LogP contribution in [0.1, 0.15) is 30.3 Å². The van der Waals surface area contributed by atoms with Crippen LogP contribution in [0, 0.1) is 0 Å². The van der Waals surface area contributed by atoms with E-state index in [4.69, 9.17) is 14.5 Å². The van der Waals surface area contributed by atoms with Gasteiger partial charge in [-0.3, -0.25) is 0 Å². The molecule has 0 aliphatic heterocycles. The molecule has 0 N–H and O–H groups in total. The monoisotopic (exact) mass is 309 g/mol. The van der Waals surface area contributed by atoms with Crippen molar-refractivity contribution in [2.45, 2.75) is 25.5 Å². The molecule has 0 spiro atoms. The van der Waals surface area contributed by atoms with Crippen LogP contribution >= 0.6 is 24.0 Å². The molecule has 1 heterocycles. The minimum absolute atomic E-state index is 0.405. The van der Waals surface area contributed by atoms with E-state index in [1.807, 2.05) is 18.2 Å². The Bertz CT molecular complexity index is 594. The molecule has 0 amide bonds. The van der Waals surface area contributed by atoms with Crippen molar-refractivity contribution in [3.8, 4) is 22.1 Å². The lowest BCUT2D eigenvalue weighted by Crippen LogP contribution is -1.92. The van der Waals surface area contributed by atoms with Crippen LogP contribution < -0.4 is 9.47 Å². The first-order valence-electron chi connectivity index (χ1n) is 6.43. The predicted molar refractivity (Wildman–Crippen MR) is 87.4 cm³/mol. The van der Waals surface area contributed by atoms with Gasteiger partial charge in [-0.1, -0.05) is 13.8 Å². The van der Waals surface area contributed by atoms with Crippen molar-refractivity contribution in [1.82, 2.24) is 4.98 Å². The molecule has 0 fully saturated rings. The summed E-state index contributed by atoms with van der Waals surface area (Å²) in [5.74, 6) is 2.57. The zero-order valence-electron chi connectivity index (χ0n) is 12.1. The smallest absolute Gasteiger partial charge is 0.161 e. The number of hydrogen-bond acceptors (Lipinski definition) is 5. The standard InChI is InChI=1S/C15H19NO2S2/c1-9(2)14-13(8-19)20-15(16-14)10-5-6-11(17-3)12(7-10)18-4/h5-7,9,19H,8H2,1-4H3. The Balaban J connectivity index is 2.46. The second-order valence-electron chi connectivity index (χ2n) is 4.71. The number of nitrogens with zero attached hydrogens (tertiary/aromatic N) is 1. The summed E-state index contributed by atoms with van der Waals surface area (Å²) in [4.78, 5) is 5.98. The minimum Gasteiger partial charge on any atom is -0.493 e. The van der Waals surface area contributed by atoms with Crippen molar-refractivity contribution < 1.29 is 9.47 Å². The summed E-state index contributed by atoms with van der Waals surface area (Å²) in [6.07, 6.45) is 0. The van der Waals surface area contributed by atoms with E-state index in [1.165, 1.54) is 4.88 Å². The van der Waals surface area contributed by atoms with E-state index in [9.17, 15) is 0 Å². The maximum atomic E-state index is 5.35. The van der Waals surface area contributed by atoms with Gasteiger partial charge in [-0.05, 0) is 24.1 Å². The Labute approximate surface area is 129 Å². The van der Waals surface area contributed by atoms with Gasteiger partial charge in [-0.25, -0.2) is 4.98 Å². The van der Waals surface area contributed by atoms with E-state index in [0.717, 1.165) is 33.5 Å². The lowest BCUT2D eigenvalue weighted by atomic mass is 10.1. The second-order valence-corrected chi connectivity index (χ2v) is 6.11. The molecular formula is C15H19NO2S2. The lowest BCUT2D eigenvalue weighted by molar-refractivity contribution is 0.355. The van der Waals surface area contributed by atoms with Gasteiger partial charge in [0.2, 0.25) is 0 Å². The molecule has 3 nitrogen and oxygen atoms in total. The van der Waals surface area contributed by atoms with E-state index < -0.39 is 0 Å². The van der Waals surface area contributed by atoms with Crippen LogP contribution in [0.25, 0.3) is 10.6 Å². The quantitative estimate of drug-likeness (QED) is 0.832. The molecule has 0 aliphatic rings. The van der Waals surface area contributed by atoms with E-state index >= 15 is 0 Å². The second kappa shape index (κ2) is 6.50. The Hall–Kier alpha value is -1.20. The van der Waals surface area contributed by atoms with Crippen LogP contribution in [-0.4, -0.2) is 19.2 Å². The van der Waals surface area contributed by atoms with Crippen molar-refractivity contribution in [3.05, 3.63) is 28.8 Å². The minimum atomic E-state index is 0.405. The third-order valence-corrected chi connectivity index (χ3v) is 4.70. The van der Waals surface area contributed by atoms with E-state index in [-0.39, 0.29) is 0 Å². The molecule has 5 heteroatoms. The highest BCUT2D eigenvalue weighted by molar-refractivity contribution is 7.79. The molecule has 20 heavy (non-hydrogen) atoms. The van der Waals surface area contributed by atoms with Gasteiger partial charge in [0.25, 0.3) is 0 Å². The number of methoxy groups -OCH3 is 2. The fraction of sp³-hybridized carbons (Fsp3) is 0.400. The third kappa shape index (κ3) is 2.94. The highest BCUT2D eigenvalue weighted by Crippen LogP contribution is 2.36. The topological polar surface area (TPSA) is 31.4 Å². The van der Waals surface area contributed by atoms with Crippen LogP contribution in [0.3, 0.4) is 0 Å². The summed E-state index contributed by atoms with van der Waals surface area (Å²) in [7, 11) is 3.28. The Morgan fingerprint density at radius 1 is 1.20 bits per heavy atom. The van der Waals surface area contributed by atoms with Crippen molar-refractivity contribution in [2.75, 3.05) is 14.2 Å². The fourth-order valence-corrected chi connectivity index (χ4v) is 3.45. The Morgan fingerprint density at radius 3 is 2.40 bits per heavy atom. The molecular weight excluding hydrogens is 290 g/mol. The fourth-order valence-electron chi connectivity index (χ4n) is 2.02. The first-order valence-corrected chi connectivity index (χ1v) is 7.88. The van der Waals surface area contributed by atoms with Crippen LogP contribution in [0.15, 0.2) is 18.2 Å². The van der Waals surface area contributed by atoms with Gasteiger partial charge in [-0.2, -0.15) is 12.6 Å². The molecule has 0 saturated carbocycles. The molecule has 0 aliphatic carbocycles. The van der Waals surface area contributed by atoms with Gasteiger partial charge >= 0.3 is 0 Å². The zero-order chi connectivity index (χ0) is 14.7. The highest BCUT2D eigenvalue weighted by Gasteiger charge is 2.15. The van der Waals surface area contributed by atoms with Crippen LogP contribution in [0.2, 0.25) is 0 Å². The predicted octanol–water partition coefficient (Wildman–Crippen LogP) is 4.38. The van der Waals surface area contributed by atoms with Gasteiger partial charge in [0.1, 0.15) is 5.01 Å². The van der Waals surface area contributed by atoms with E-state index in [1.54, 1.807) is 25.6 Å². The van der Waals surface area contributed by atoms with Crippen LogP contribution in [-0.2, 0) is 5.75 Å². The van der Waals surface area contributed by atoms with Crippen LogP contribution in [0.4, 0.5) is 0 Å². The molecule has 0 atom stereocenters. The third-order valence-electron chi connectivity index (χ3n) is 3.05. The van der Waals surface area contributed by atoms with Crippen molar-refractivity contribution in [2.24, 2.45) is 0 Å². The van der Waals surface area contributed by atoms with Gasteiger partial charge in [0.15, 0.2) is 11.5 Å². The number of thiazole rings is 1. The largest absolute Gasteiger partial charge is 0.493 e. The number of ether oxygens (including phenoxy) is 2. The summed E-state index contributed by atoms with van der Waals surface area (Å²) < 4.78 is 10.6. The summed E-state index contributed by atoms with van der Waals surface area (Å²) in [6, 6.07) is 5.88. The maximum absolute atomic E-state index is 5.35. The van der Waals surface area contributed by atoms with E-state index in [2.05, 4.69) is 26.5 Å². The Morgan fingerprint density at radius 2 is 1.90 bits per heavy atom. The summed E-state index contributed by atoms with van der Waals surface area (Å²) in [5.41, 5.74) is 2.18. The number of aromatic nitrogens is 1. The van der Waals surface area contributed by atoms with Gasteiger partial charge < -0.3 is 9.47 Å². The molecule has 0 unspecified atom stereocenters. The number of thiol groups is 1. The molecule has 1 aromatic carbocycles. The number of rotatable bonds is 5. The number of benzene rings is 1. The molecule has 2 aromatic rings. The molecule has 1 aromatic heterocycles. The van der Waals surface area contributed by atoms with Crippen LogP contribution in [0.5, 0.6) is 11.5 Å². The first kappa shape index (κ1) is 15.2. The molecule has 0 saturated heterocycles. The van der Waals surface area contributed by atoms with Gasteiger partial charge in [-0.15, -0.1) is 11.3 Å². The SMILES string of the molecule is COc1ccc(-c2nc(C(C)C)c(CS)s2)cc1OC. The number of hydrogen-bond donors (Lipinski definition) is 1. The molecule has 2 rings (SSSR count). The van der Waals surface area contributed by atoms with Gasteiger partial charge in [0, 0.05) is 16.2 Å².